The summed E-state index contributed by atoms with van der Waals surface area (Å²) in [6, 6.07) is 7.16. The van der Waals surface area contributed by atoms with Crippen LogP contribution in [0.2, 0.25) is 5.02 Å². The third kappa shape index (κ3) is 5.59. The predicted molar refractivity (Wildman–Crippen MR) is 99.8 cm³/mol. The molecule has 0 saturated heterocycles. The van der Waals surface area contributed by atoms with Crippen molar-refractivity contribution in [1.29, 1.82) is 0 Å². The van der Waals surface area contributed by atoms with Crippen LogP contribution in [0, 0.1) is 12.8 Å². The van der Waals surface area contributed by atoms with Gasteiger partial charge >= 0.3 is 6.16 Å². The smallest absolute Gasteiger partial charge is 0.475 e. The van der Waals surface area contributed by atoms with Gasteiger partial charge in [0.2, 0.25) is 5.75 Å². The molecule has 0 amide bonds. The Morgan fingerprint density at radius 3 is 2.50 bits per heavy atom. The normalized spacial score (nSPS) is 10.7. The first-order valence-electron chi connectivity index (χ1n) is 8.52. The second-order valence-corrected chi connectivity index (χ2v) is 6.53. The van der Waals surface area contributed by atoms with Crippen molar-refractivity contribution in [2.75, 3.05) is 13.2 Å². The Morgan fingerprint density at radius 1 is 1.19 bits per heavy atom. The van der Waals surface area contributed by atoms with Crippen LogP contribution in [0.4, 0.5) is 4.79 Å². The molecule has 0 spiro atoms. The van der Waals surface area contributed by atoms with Crippen molar-refractivity contribution in [1.82, 2.24) is 9.97 Å². The summed E-state index contributed by atoms with van der Waals surface area (Å²) < 4.78 is 15.9. The lowest BCUT2D eigenvalue weighted by molar-refractivity contribution is 0.101. The molecule has 0 radical (unpaired) electrons. The average molecular weight is 379 g/mol. The standard InChI is InChI=1S/C19H23ClN2O4/c1-5-24-19(23)26-16-13(4)21-17(14-6-8-15(20)9-7-14)22-18(16)25-11-10-12(2)3/h6-9,12H,5,10-11H2,1-4H3. The lowest BCUT2D eigenvalue weighted by atomic mass is 10.1. The summed E-state index contributed by atoms with van der Waals surface area (Å²) in [5.74, 6) is 1.33. The second kappa shape index (κ2) is 9.38. The van der Waals surface area contributed by atoms with Crippen LogP contribution in [0.1, 0.15) is 32.9 Å². The quantitative estimate of drug-likeness (QED) is 0.626. The SMILES string of the molecule is CCOC(=O)Oc1c(C)nc(-c2ccc(Cl)cc2)nc1OCCC(C)C. The van der Waals surface area contributed by atoms with E-state index in [1.165, 1.54) is 0 Å². The van der Waals surface area contributed by atoms with Gasteiger partial charge in [-0.25, -0.2) is 9.78 Å². The fourth-order valence-electron chi connectivity index (χ4n) is 2.10. The molecule has 2 rings (SSSR count). The highest BCUT2D eigenvalue weighted by Crippen LogP contribution is 2.31. The molecular formula is C19H23ClN2O4. The summed E-state index contributed by atoms with van der Waals surface area (Å²) in [5.41, 5.74) is 1.27. The Bertz CT molecular complexity index is 748. The lowest BCUT2D eigenvalue weighted by Crippen LogP contribution is -2.14. The van der Waals surface area contributed by atoms with Crippen LogP contribution < -0.4 is 9.47 Å². The van der Waals surface area contributed by atoms with Gasteiger partial charge in [-0.05, 0) is 50.5 Å². The number of nitrogens with zero attached hydrogens (tertiary/aromatic N) is 2. The zero-order valence-corrected chi connectivity index (χ0v) is 16.2. The molecule has 2 aromatic rings. The summed E-state index contributed by atoms with van der Waals surface area (Å²) >= 11 is 5.94. The molecule has 0 N–H and O–H groups in total. The molecule has 140 valence electrons. The predicted octanol–water partition coefficient (Wildman–Crippen LogP) is 5.07. The number of hydrogen-bond donors (Lipinski definition) is 0. The van der Waals surface area contributed by atoms with Gasteiger partial charge in [0.1, 0.15) is 0 Å². The Morgan fingerprint density at radius 2 is 1.88 bits per heavy atom. The number of rotatable bonds is 7. The van der Waals surface area contributed by atoms with Gasteiger partial charge < -0.3 is 14.2 Å². The minimum absolute atomic E-state index is 0.171. The third-order valence-electron chi connectivity index (χ3n) is 3.49. The molecule has 0 fully saturated rings. The van der Waals surface area contributed by atoms with Crippen molar-refractivity contribution < 1.29 is 19.0 Å². The van der Waals surface area contributed by atoms with Gasteiger partial charge in [0.15, 0.2) is 5.82 Å². The number of aromatic nitrogens is 2. The molecule has 1 aromatic carbocycles. The number of aryl methyl sites for hydroxylation is 1. The van der Waals surface area contributed by atoms with E-state index in [1.807, 2.05) is 12.1 Å². The van der Waals surface area contributed by atoms with E-state index < -0.39 is 6.16 Å². The summed E-state index contributed by atoms with van der Waals surface area (Å²) in [5, 5.41) is 0.626. The summed E-state index contributed by atoms with van der Waals surface area (Å²) in [4.78, 5) is 20.6. The minimum atomic E-state index is -0.813. The molecule has 0 saturated carbocycles. The highest BCUT2D eigenvalue weighted by molar-refractivity contribution is 6.30. The van der Waals surface area contributed by atoms with Crippen LogP contribution in [0.5, 0.6) is 11.6 Å². The van der Waals surface area contributed by atoms with Crippen molar-refractivity contribution in [3.05, 3.63) is 35.0 Å². The number of halogens is 1. The van der Waals surface area contributed by atoms with Crippen molar-refractivity contribution in [3.63, 3.8) is 0 Å². The molecular weight excluding hydrogens is 356 g/mol. The fourth-order valence-corrected chi connectivity index (χ4v) is 2.23. The molecule has 0 aliphatic heterocycles. The highest BCUT2D eigenvalue weighted by Gasteiger charge is 2.19. The molecule has 0 aliphatic carbocycles. The maximum Gasteiger partial charge on any atom is 0.514 e. The molecule has 0 aliphatic rings. The molecule has 0 unspecified atom stereocenters. The summed E-state index contributed by atoms with van der Waals surface area (Å²) in [6.45, 7) is 8.30. The third-order valence-corrected chi connectivity index (χ3v) is 3.74. The first-order chi connectivity index (χ1) is 12.4. The number of carbonyl (C=O) groups excluding carboxylic acids is 1. The van der Waals surface area contributed by atoms with Gasteiger partial charge in [0.25, 0.3) is 5.88 Å². The number of carbonyl (C=O) groups is 1. The highest BCUT2D eigenvalue weighted by atomic mass is 35.5. The Labute approximate surface area is 158 Å². The largest absolute Gasteiger partial charge is 0.514 e. The van der Waals surface area contributed by atoms with E-state index in [9.17, 15) is 4.79 Å². The molecule has 26 heavy (non-hydrogen) atoms. The molecule has 1 aromatic heterocycles. The average Bonchev–Trinajstić information content (AvgIpc) is 2.58. The van der Waals surface area contributed by atoms with Gasteiger partial charge in [-0.2, -0.15) is 4.98 Å². The Kier molecular flexibility index (Phi) is 7.21. The Hall–Kier alpha value is -2.34. The first kappa shape index (κ1) is 20.0. The summed E-state index contributed by atoms with van der Waals surface area (Å²) in [7, 11) is 0. The maximum absolute atomic E-state index is 11.7. The van der Waals surface area contributed by atoms with E-state index in [-0.39, 0.29) is 18.2 Å². The van der Waals surface area contributed by atoms with Crippen molar-refractivity contribution >= 4 is 17.8 Å². The van der Waals surface area contributed by atoms with Crippen LogP contribution in [0.25, 0.3) is 11.4 Å². The van der Waals surface area contributed by atoms with Crippen molar-refractivity contribution in [3.8, 4) is 23.0 Å². The van der Waals surface area contributed by atoms with Crippen LogP contribution in [-0.4, -0.2) is 29.3 Å². The molecule has 0 bridgehead atoms. The molecule has 1 heterocycles. The van der Waals surface area contributed by atoms with Gasteiger partial charge in [-0.15, -0.1) is 0 Å². The van der Waals surface area contributed by atoms with Crippen molar-refractivity contribution in [2.45, 2.75) is 34.1 Å². The first-order valence-corrected chi connectivity index (χ1v) is 8.90. The molecule has 6 nitrogen and oxygen atoms in total. The zero-order chi connectivity index (χ0) is 19.1. The van der Waals surface area contributed by atoms with Crippen molar-refractivity contribution in [2.24, 2.45) is 5.92 Å². The van der Waals surface area contributed by atoms with Crippen LogP contribution in [0.15, 0.2) is 24.3 Å². The van der Waals surface area contributed by atoms with Gasteiger partial charge in [-0.3, -0.25) is 0 Å². The number of ether oxygens (including phenoxy) is 3. The number of benzene rings is 1. The lowest BCUT2D eigenvalue weighted by Gasteiger charge is -2.14. The Balaban J connectivity index is 2.36. The van der Waals surface area contributed by atoms with Gasteiger partial charge in [0.05, 0.1) is 18.9 Å². The topological polar surface area (TPSA) is 70.5 Å². The maximum atomic E-state index is 11.7. The van der Waals surface area contributed by atoms with E-state index in [0.717, 1.165) is 12.0 Å². The van der Waals surface area contributed by atoms with E-state index in [0.29, 0.717) is 29.1 Å². The fraction of sp³-hybridized carbons (Fsp3) is 0.421. The number of hydrogen-bond acceptors (Lipinski definition) is 6. The monoisotopic (exact) mass is 378 g/mol. The minimum Gasteiger partial charge on any atom is -0.475 e. The van der Waals surface area contributed by atoms with Gasteiger partial charge in [-0.1, -0.05) is 25.4 Å². The van der Waals surface area contributed by atoms with E-state index in [2.05, 4.69) is 23.8 Å². The van der Waals surface area contributed by atoms with Crippen LogP contribution >= 0.6 is 11.6 Å². The summed E-state index contributed by atoms with van der Waals surface area (Å²) in [6.07, 6.45) is 0.0326. The van der Waals surface area contributed by atoms with Crippen LogP contribution in [-0.2, 0) is 4.74 Å². The molecule has 7 heteroatoms. The molecule has 0 atom stereocenters. The van der Waals surface area contributed by atoms with Crippen LogP contribution in [0.3, 0.4) is 0 Å². The van der Waals surface area contributed by atoms with E-state index in [4.69, 9.17) is 25.8 Å². The van der Waals surface area contributed by atoms with E-state index in [1.54, 1.807) is 26.0 Å². The zero-order valence-electron chi connectivity index (χ0n) is 15.4. The van der Waals surface area contributed by atoms with Gasteiger partial charge in [0, 0.05) is 10.6 Å². The van der Waals surface area contributed by atoms with E-state index >= 15 is 0 Å². The second-order valence-electron chi connectivity index (χ2n) is 6.09.